The first-order valence-electron chi connectivity index (χ1n) is 10.9. The zero-order valence-electron chi connectivity index (χ0n) is 19.5. The zero-order valence-corrected chi connectivity index (χ0v) is 19.5. The first-order valence-corrected chi connectivity index (χ1v) is 10.9. The summed E-state index contributed by atoms with van der Waals surface area (Å²) in [6, 6.07) is 13.3. The molecule has 0 radical (unpaired) electrons. The summed E-state index contributed by atoms with van der Waals surface area (Å²) in [4.78, 5) is 27.6. The second kappa shape index (κ2) is 11.0. The van der Waals surface area contributed by atoms with E-state index in [1.165, 1.54) is 16.0 Å². The molecule has 0 unspecified atom stereocenters. The van der Waals surface area contributed by atoms with E-state index in [1.54, 1.807) is 46.3 Å². The van der Waals surface area contributed by atoms with Gasteiger partial charge in [-0.25, -0.2) is 9.40 Å². The third-order valence-corrected chi connectivity index (χ3v) is 5.55. The number of amides is 2. The van der Waals surface area contributed by atoms with Crippen LogP contribution >= 0.6 is 0 Å². The smallest absolute Gasteiger partial charge is 0.262 e. The predicted octanol–water partition coefficient (Wildman–Crippen LogP) is 3.64. The fraction of sp³-hybridized carbons (Fsp3) is 0.400. The number of methoxy groups -OCH3 is 2. The van der Waals surface area contributed by atoms with Crippen LogP contribution in [0.15, 0.2) is 53.6 Å². The Labute approximate surface area is 193 Å². The van der Waals surface area contributed by atoms with E-state index >= 15 is 0 Å². The Balaban J connectivity index is 1.96. The highest BCUT2D eigenvalue weighted by Crippen LogP contribution is 2.37. The summed E-state index contributed by atoms with van der Waals surface area (Å²) in [7, 11) is 3.11. The Kier molecular flexibility index (Phi) is 8.16. The first kappa shape index (κ1) is 24.4. The van der Waals surface area contributed by atoms with Crippen LogP contribution in [0.25, 0.3) is 0 Å². The van der Waals surface area contributed by atoms with Gasteiger partial charge in [0, 0.05) is 37.1 Å². The number of benzene rings is 2. The molecule has 2 aromatic carbocycles. The van der Waals surface area contributed by atoms with Crippen molar-refractivity contribution in [1.82, 2.24) is 9.91 Å². The van der Waals surface area contributed by atoms with Crippen molar-refractivity contribution in [3.63, 3.8) is 0 Å². The Morgan fingerprint density at radius 1 is 1.15 bits per heavy atom. The molecule has 33 heavy (non-hydrogen) atoms. The number of halogens is 1. The van der Waals surface area contributed by atoms with Crippen molar-refractivity contribution in [3.05, 3.63) is 65.5 Å². The van der Waals surface area contributed by atoms with Gasteiger partial charge >= 0.3 is 0 Å². The molecule has 0 saturated heterocycles. The fourth-order valence-electron chi connectivity index (χ4n) is 3.85. The van der Waals surface area contributed by atoms with E-state index in [1.807, 2.05) is 24.3 Å². The Morgan fingerprint density at radius 3 is 2.52 bits per heavy atom. The summed E-state index contributed by atoms with van der Waals surface area (Å²) < 4.78 is 25.1. The largest absolute Gasteiger partial charge is 0.496 e. The maximum Gasteiger partial charge on any atom is 0.262 e. The lowest BCUT2D eigenvalue weighted by atomic mass is 9.97. The van der Waals surface area contributed by atoms with E-state index in [4.69, 9.17) is 9.47 Å². The molecule has 3 rings (SSSR count). The predicted molar refractivity (Wildman–Crippen MR) is 123 cm³/mol. The second-order valence-corrected chi connectivity index (χ2v) is 8.13. The quantitative estimate of drug-likeness (QED) is 0.579. The third kappa shape index (κ3) is 5.57. The summed E-state index contributed by atoms with van der Waals surface area (Å²) in [5.74, 6) is -0.564. The molecule has 2 amide bonds. The van der Waals surface area contributed by atoms with E-state index in [2.05, 4.69) is 5.10 Å². The van der Waals surface area contributed by atoms with Gasteiger partial charge in [-0.05, 0) is 12.1 Å². The monoisotopic (exact) mass is 455 g/mol. The van der Waals surface area contributed by atoms with Crippen LogP contribution in [0, 0.1) is 11.7 Å². The summed E-state index contributed by atoms with van der Waals surface area (Å²) >= 11 is 0. The Bertz CT molecular complexity index is 1020. The maximum atomic E-state index is 14.5. The molecule has 2 aromatic rings. The summed E-state index contributed by atoms with van der Waals surface area (Å²) in [6.07, 6.45) is 0.323. The zero-order chi connectivity index (χ0) is 24.0. The molecule has 0 spiro atoms. The van der Waals surface area contributed by atoms with E-state index < -0.39 is 11.9 Å². The van der Waals surface area contributed by atoms with Crippen LogP contribution in [0.3, 0.4) is 0 Å². The molecule has 1 heterocycles. The van der Waals surface area contributed by atoms with Gasteiger partial charge in [0.25, 0.3) is 5.91 Å². The highest BCUT2D eigenvalue weighted by Gasteiger charge is 2.36. The normalized spacial score (nSPS) is 15.5. The van der Waals surface area contributed by atoms with Gasteiger partial charge in [0.2, 0.25) is 5.91 Å². The van der Waals surface area contributed by atoms with Crippen LogP contribution in [0.5, 0.6) is 5.75 Å². The van der Waals surface area contributed by atoms with Gasteiger partial charge in [-0.3, -0.25) is 9.59 Å². The van der Waals surface area contributed by atoms with Crippen LogP contribution in [0.1, 0.15) is 37.4 Å². The van der Waals surface area contributed by atoms with E-state index in [0.717, 1.165) is 5.56 Å². The van der Waals surface area contributed by atoms with Gasteiger partial charge in [-0.1, -0.05) is 50.2 Å². The number of hydrogen-bond acceptors (Lipinski definition) is 5. The molecule has 176 valence electrons. The molecule has 8 heteroatoms. The number of hydrazone groups is 1. The number of carbonyl (C=O) groups excluding carboxylic acids is 2. The van der Waals surface area contributed by atoms with Crippen LogP contribution in [0.4, 0.5) is 4.39 Å². The minimum Gasteiger partial charge on any atom is -0.496 e. The van der Waals surface area contributed by atoms with Gasteiger partial charge in [0.05, 0.1) is 25.5 Å². The summed E-state index contributed by atoms with van der Waals surface area (Å²) in [5.41, 5.74) is 1.58. The van der Waals surface area contributed by atoms with Gasteiger partial charge in [-0.15, -0.1) is 0 Å². The number of ether oxygens (including phenoxy) is 2. The second-order valence-electron chi connectivity index (χ2n) is 8.13. The third-order valence-electron chi connectivity index (χ3n) is 5.55. The standard InChI is InChI=1S/C25H30FN3O4/c1-17(2)25(31)28(13-14-32-3)16-24(30)29-22(19-10-6-8-12-23(19)33-4)15-21(27-29)18-9-5-7-11-20(18)26/h5-12,17,22H,13-16H2,1-4H3/t22-/m1/s1. The number of rotatable bonds is 9. The molecular formula is C25H30FN3O4. The minimum absolute atomic E-state index is 0.147. The Hall–Kier alpha value is -3.26. The lowest BCUT2D eigenvalue weighted by molar-refractivity contribution is -0.143. The van der Waals surface area contributed by atoms with Crippen LogP contribution < -0.4 is 4.74 Å². The van der Waals surface area contributed by atoms with Crippen molar-refractivity contribution in [2.24, 2.45) is 11.0 Å². The molecule has 0 fully saturated rings. The Morgan fingerprint density at radius 2 is 1.85 bits per heavy atom. The van der Waals surface area contributed by atoms with Crippen molar-refractivity contribution >= 4 is 17.5 Å². The number of hydrogen-bond donors (Lipinski definition) is 0. The molecule has 0 saturated carbocycles. The van der Waals surface area contributed by atoms with Crippen molar-refractivity contribution in [3.8, 4) is 5.75 Å². The maximum absolute atomic E-state index is 14.5. The van der Waals surface area contributed by atoms with Gasteiger partial charge < -0.3 is 14.4 Å². The van der Waals surface area contributed by atoms with Gasteiger partial charge in [-0.2, -0.15) is 5.10 Å². The molecule has 0 aliphatic carbocycles. The molecule has 7 nitrogen and oxygen atoms in total. The average molecular weight is 456 g/mol. The summed E-state index contributed by atoms with van der Waals surface area (Å²) in [6.45, 7) is 4.02. The van der Waals surface area contributed by atoms with Crippen LogP contribution in [-0.4, -0.2) is 61.4 Å². The highest BCUT2D eigenvalue weighted by molar-refractivity contribution is 6.03. The molecule has 0 bridgehead atoms. The first-order chi connectivity index (χ1) is 15.9. The summed E-state index contributed by atoms with van der Waals surface area (Å²) in [5, 5.41) is 5.88. The van der Waals surface area contributed by atoms with Crippen molar-refractivity contribution < 1.29 is 23.5 Å². The van der Waals surface area contributed by atoms with Crippen LogP contribution in [0.2, 0.25) is 0 Å². The fourth-order valence-corrected chi connectivity index (χ4v) is 3.85. The van der Waals surface area contributed by atoms with E-state index in [-0.39, 0.29) is 30.8 Å². The highest BCUT2D eigenvalue weighted by atomic mass is 19.1. The minimum atomic E-state index is -0.485. The molecular weight excluding hydrogens is 425 g/mol. The van der Waals surface area contributed by atoms with Crippen molar-refractivity contribution in [2.75, 3.05) is 33.9 Å². The van der Waals surface area contributed by atoms with E-state index in [0.29, 0.717) is 30.1 Å². The lowest BCUT2D eigenvalue weighted by Crippen LogP contribution is -2.44. The van der Waals surface area contributed by atoms with E-state index in [9.17, 15) is 14.0 Å². The molecule has 0 aromatic heterocycles. The molecule has 0 N–H and O–H groups in total. The van der Waals surface area contributed by atoms with Gasteiger partial charge in [0.1, 0.15) is 18.1 Å². The molecule has 1 atom stereocenters. The van der Waals surface area contributed by atoms with Crippen LogP contribution in [-0.2, 0) is 14.3 Å². The number of carbonyl (C=O) groups is 2. The van der Waals surface area contributed by atoms with Crippen molar-refractivity contribution in [2.45, 2.75) is 26.3 Å². The topological polar surface area (TPSA) is 71.4 Å². The molecule has 1 aliphatic heterocycles. The number of para-hydroxylation sites is 1. The molecule has 1 aliphatic rings. The number of nitrogens with zero attached hydrogens (tertiary/aromatic N) is 3. The average Bonchev–Trinajstić information content (AvgIpc) is 3.26. The van der Waals surface area contributed by atoms with Crippen molar-refractivity contribution in [1.29, 1.82) is 0 Å². The van der Waals surface area contributed by atoms with Gasteiger partial charge in [0.15, 0.2) is 0 Å². The SMILES string of the molecule is COCCN(CC(=O)N1N=C(c2ccccc2F)C[C@@H]1c1ccccc1OC)C(=O)C(C)C. The lowest BCUT2D eigenvalue weighted by Gasteiger charge is -2.28.